The summed E-state index contributed by atoms with van der Waals surface area (Å²) in [6.45, 7) is 6.49. The van der Waals surface area contributed by atoms with Crippen molar-refractivity contribution in [2.75, 3.05) is 13.2 Å². The number of hydrogen-bond acceptors (Lipinski definition) is 6. The molecule has 0 aliphatic rings. The number of allylic oxidation sites excluding steroid dienone is 2. The number of rotatable bonds is 33. The van der Waals surface area contributed by atoms with Crippen LogP contribution in [0.25, 0.3) is 0 Å². The van der Waals surface area contributed by atoms with Gasteiger partial charge in [-0.2, -0.15) is 0 Å². The fraction of sp³-hybridized carbons (Fsp3) is 0.868. The Morgan fingerprint density at radius 2 is 0.773 bits per heavy atom. The van der Waals surface area contributed by atoms with Crippen molar-refractivity contribution in [3.63, 3.8) is 0 Å². The van der Waals surface area contributed by atoms with Crippen LogP contribution in [0, 0.1) is 0 Å². The van der Waals surface area contributed by atoms with E-state index >= 15 is 0 Å². The van der Waals surface area contributed by atoms with Crippen LogP contribution in [-0.4, -0.2) is 37.2 Å². The van der Waals surface area contributed by atoms with Gasteiger partial charge in [0.2, 0.25) is 0 Å². The van der Waals surface area contributed by atoms with E-state index in [-0.39, 0.29) is 31.1 Å². The molecule has 0 saturated carbocycles. The Morgan fingerprint density at radius 3 is 1.20 bits per heavy atom. The van der Waals surface area contributed by atoms with E-state index in [4.69, 9.17) is 14.2 Å². The van der Waals surface area contributed by atoms with Crippen LogP contribution in [0.4, 0.5) is 0 Å². The van der Waals surface area contributed by atoms with Crippen molar-refractivity contribution in [2.24, 2.45) is 0 Å². The van der Waals surface area contributed by atoms with Crippen molar-refractivity contribution < 1.29 is 28.6 Å². The van der Waals surface area contributed by atoms with Crippen LogP contribution in [0.1, 0.15) is 194 Å². The van der Waals surface area contributed by atoms with E-state index in [1.54, 1.807) is 0 Å². The summed E-state index contributed by atoms with van der Waals surface area (Å²) in [6, 6.07) is 0. The Labute approximate surface area is 271 Å². The highest BCUT2D eigenvalue weighted by Crippen LogP contribution is 2.13. The van der Waals surface area contributed by atoms with Gasteiger partial charge in [-0.15, -0.1) is 0 Å². The second-order valence-corrected chi connectivity index (χ2v) is 12.5. The lowest BCUT2D eigenvalue weighted by molar-refractivity contribution is -0.167. The highest BCUT2D eigenvalue weighted by Gasteiger charge is 2.19. The Morgan fingerprint density at radius 1 is 0.432 bits per heavy atom. The van der Waals surface area contributed by atoms with Gasteiger partial charge in [0.15, 0.2) is 6.10 Å². The average molecular weight is 623 g/mol. The molecule has 6 nitrogen and oxygen atoms in total. The quantitative estimate of drug-likeness (QED) is 0.0313. The van der Waals surface area contributed by atoms with E-state index in [1.165, 1.54) is 89.9 Å². The summed E-state index contributed by atoms with van der Waals surface area (Å²) in [4.78, 5) is 37.2. The molecule has 0 N–H and O–H groups in total. The maximum absolute atomic E-state index is 12.5. The zero-order valence-electron chi connectivity index (χ0n) is 29.2. The molecule has 0 aromatic carbocycles. The fourth-order valence-electron chi connectivity index (χ4n) is 5.13. The molecule has 0 saturated heterocycles. The van der Waals surface area contributed by atoms with E-state index in [0.29, 0.717) is 19.3 Å². The van der Waals surface area contributed by atoms with Crippen LogP contribution in [0.2, 0.25) is 0 Å². The average Bonchev–Trinajstić information content (AvgIpc) is 3.02. The Balaban J connectivity index is 4.34. The van der Waals surface area contributed by atoms with Crippen LogP contribution >= 0.6 is 0 Å². The van der Waals surface area contributed by atoms with E-state index in [9.17, 15) is 14.4 Å². The van der Waals surface area contributed by atoms with Crippen molar-refractivity contribution >= 4 is 17.9 Å². The fourth-order valence-corrected chi connectivity index (χ4v) is 5.13. The molecule has 44 heavy (non-hydrogen) atoms. The molecule has 0 amide bonds. The summed E-state index contributed by atoms with van der Waals surface area (Å²) < 4.78 is 16.5. The number of hydrogen-bond donors (Lipinski definition) is 0. The molecule has 0 radical (unpaired) electrons. The molecular weight excluding hydrogens is 552 g/mol. The van der Waals surface area contributed by atoms with Gasteiger partial charge in [0.25, 0.3) is 0 Å². The van der Waals surface area contributed by atoms with Gasteiger partial charge in [-0.1, -0.05) is 148 Å². The first-order valence-electron chi connectivity index (χ1n) is 18.7. The minimum absolute atomic E-state index is 0.0708. The first kappa shape index (κ1) is 42.1. The third-order valence-electron chi connectivity index (χ3n) is 8.02. The number of ether oxygens (including phenoxy) is 3. The van der Waals surface area contributed by atoms with Crippen molar-refractivity contribution in [3.8, 4) is 0 Å². The third kappa shape index (κ3) is 31.6. The number of unbranched alkanes of at least 4 members (excludes halogenated alkanes) is 20. The number of carbonyl (C=O) groups excluding carboxylic acids is 3. The molecule has 0 heterocycles. The lowest BCUT2D eigenvalue weighted by Crippen LogP contribution is -2.30. The monoisotopic (exact) mass is 623 g/mol. The second kappa shape index (κ2) is 34.0. The van der Waals surface area contributed by atoms with E-state index in [2.05, 4.69) is 32.9 Å². The molecule has 0 aliphatic heterocycles. The second-order valence-electron chi connectivity index (χ2n) is 12.5. The summed E-state index contributed by atoms with van der Waals surface area (Å²) in [5, 5.41) is 0. The standard InChI is InChI=1S/C38H70O6/c1-4-7-10-13-16-18-19-20-23-25-28-31-37(40)43-34-35(33-42-36(39)30-27-24-21-15-12-9-6-3)44-38(41)32-29-26-22-17-14-11-8-5-2/h13,16,35H,4-12,14-15,17-34H2,1-3H3/b16-13-. The van der Waals surface area contributed by atoms with E-state index < -0.39 is 6.10 Å². The molecule has 0 aliphatic carbocycles. The summed E-state index contributed by atoms with van der Waals surface area (Å²) in [5.74, 6) is -0.895. The number of esters is 3. The van der Waals surface area contributed by atoms with Gasteiger partial charge in [-0.25, -0.2) is 0 Å². The van der Waals surface area contributed by atoms with Crippen molar-refractivity contribution in [1.29, 1.82) is 0 Å². The highest BCUT2D eigenvalue weighted by atomic mass is 16.6. The van der Waals surface area contributed by atoms with Crippen molar-refractivity contribution in [2.45, 2.75) is 200 Å². The SMILES string of the molecule is CCCC/C=C\CCCCCCCC(=O)OCC(COC(=O)CCCCCCCCC)OC(=O)CCCCCCCCCC. The summed E-state index contributed by atoms with van der Waals surface area (Å²) >= 11 is 0. The van der Waals surface area contributed by atoms with Crippen LogP contribution < -0.4 is 0 Å². The molecule has 0 aromatic rings. The topological polar surface area (TPSA) is 78.9 Å². The summed E-state index contributed by atoms with van der Waals surface area (Å²) in [7, 11) is 0. The highest BCUT2D eigenvalue weighted by molar-refractivity contribution is 5.71. The maximum Gasteiger partial charge on any atom is 0.306 e. The van der Waals surface area contributed by atoms with E-state index in [1.807, 2.05) is 0 Å². The molecule has 258 valence electrons. The van der Waals surface area contributed by atoms with Crippen LogP contribution in [0.15, 0.2) is 12.2 Å². The van der Waals surface area contributed by atoms with Gasteiger partial charge in [-0.05, 0) is 38.5 Å². The van der Waals surface area contributed by atoms with Crippen LogP contribution in [0.3, 0.4) is 0 Å². The van der Waals surface area contributed by atoms with Gasteiger partial charge < -0.3 is 14.2 Å². The summed E-state index contributed by atoms with van der Waals surface area (Å²) in [5.41, 5.74) is 0. The smallest absolute Gasteiger partial charge is 0.306 e. The van der Waals surface area contributed by atoms with Crippen molar-refractivity contribution in [3.05, 3.63) is 12.2 Å². The van der Waals surface area contributed by atoms with Gasteiger partial charge in [-0.3, -0.25) is 14.4 Å². The first-order chi connectivity index (χ1) is 21.5. The molecule has 1 unspecified atom stereocenters. The maximum atomic E-state index is 12.5. The van der Waals surface area contributed by atoms with Crippen LogP contribution in [0.5, 0.6) is 0 Å². The predicted octanol–water partition coefficient (Wildman–Crippen LogP) is 11.1. The Bertz CT molecular complexity index is 689. The summed E-state index contributed by atoms with van der Waals surface area (Å²) in [6.07, 6.45) is 32.1. The first-order valence-corrected chi connectivity index (χ1v) is 18.7. The molecule has 1 atom stereocenters. The molecule has 0 bridgehead atoms. The molecule has 6 heteroatoms. The van der Waals surface area contributed by atoms with Crippen molar-refractivity contribution in [1.82, 2.24) is 0 Å². The Kier molecular flexibility index (Phi) is 32.6. The molecular formula is C38H70O6. The van der Waals surface area contributed by atoms with Gasteiger partial charge >= 0.3 is 17.9 Å². The van der Waals surface area contributed by atoms with E-state index in [0.717, 1.165) is 64.2 Å². The largest absolute Gasteiger partial charge is 0.462 e. The Hall–Kier alpha value is -1.85. The van der Waals surface area contributed by atoms with Gasteiger partial charge in [0.05, 0.1) is 0 Å². The van der Waals surface area contributed by atoms with Gasteiger partial charge in [0.1, 0.15) is 13.2 Å². The lowest BCUT2D eigenvalue weighted by Gasteiger charge is -2.18. The molecule has 0 fully saturated rings. The minimum Gasteiger partial charge on any atom is -0.462 e. The number of carbonyl (C=O) groups is 3. The normalized spacial score (nSPS) is 12.0. The zero-order chi connectivity index (χ0) is 32.4. The van der Waals surface area contributed by atoms with Crippen LogP contribution in [-0.2, 0) is 28.6 Å². The molecule has 0 aromatic heterocycles. The molecule has 0 spiro atoms. The molecule has 0 rings (SSSR count). The minimum atomic E-state index is -0.760. The predicted molar refractivity (Wildman–Crippen MR) is 183 cm³/mol. The lowest BCUT2D eigenvalue weighted by atomic mass is 10.1. The van der Waals surface area contributed by atoms with Gasteiger partial charge in [0, 0.05) is 19.3 Å². The third-order valence-corrected chi connectivity index (χ3v) is 8.02. The zero-order valence-corrected chi connectivity index (χ0v) is 29.2.